The molecule has 0 aliphatic carbocycles. The van der Waals surface area contributed by atoms with Gasteiger partial charge in [0.15, 0.2) is 22.1 Å². The fourth-order valence-corrected chi connectivity index (χ4v) is 4.23. The van der Waals surface area contributed by atoms with Gasteiger partial charge in [0.1, 0.15) is 11.5 Å². The number of thiazole rings is 1. The Kier molecular flexibility index (Phi) is 4.80. The van der Waals surface area contributed by atoms with Crippen molar-refractivity contribution in [3.8, 4) is 22.8 Å². The lowest BCUT2D eigenvalue weighted by atomic mass is 10.1. The summed E-state index contributed by atoms with van der Waals surface area (Å²) < 4.78 is 40.4. The quantitative estimate of drug-likeness (QED) is 0.435. The minimum absolute atomic E-state index is 0.0947. The second kappa shape index (κ2) is 7.76. The molecule has 1 aromatic heterocycles. The number of fused-ring (bicyclic) bond motifs is 1. The molecule has 0 saturated carbocycles. The second-order valence-electron chi connectivity index (χ2n) is 6.75. The first-order chi connectivity index (χ1) is 14.7. The number of hydrogen-bond acceptors (Lipinski definition) is 4. The zero-order chi connectivity index (χ0) is 20.5. The summed E-state index contributed by atoms with van der Waals surface area (Å²) in [6.45, 7) is 0.718. The smallest absolute Gasteiger partial charge is 0.231 e. The fraction of sp³-hybridized carbons (Fsp3) is 0.0870. The lowest BCUT2D eigenvalue weighted by Gasteiger charge is -2.10. The minimum atomic E-state index is -0.695. The zero-order valence-corrected chi connectivity index (χ0v) is 16.5. The maximum Gasteiger partial charge on any atom is 0.231 e. The van der Waals surface area contributed by atoms with Crippen LogP contribution in [0.25, 0.3) is 11.3 Å². The van der Waals surface area contributed by atoms with Crippen molar-refractivity contribution >= 4 is 17.0 Å². The van der Waals surface area contributed by atoms with E-state index in [4.69, 9.17) is 9.47 Å². The third-order valence-electron chi connectivity index (χ3n) is 4.77. The van der Waals surface area contributed by atoms with Gasteiger partial charge in [0.25, 0.3) is 0 Å². The van der Waals surface area contributed by atoms with Gasteiger partial charge in [0.05, 0.1) is 12.2 Å². The third kappa shape index (κ3) is 3.59. The van der Waals surface area contributed by atoms with Crippen LogP contribution in [0, 0.1) is 11.6 Å². The topological polar surface area (TPSA) is 35.8 Å². The number of benzene rings is 3. The second-order valence-corrected chi connectivity index (χ2v) is 7.59. The predicted molar refractivity (Wildman–Crippen MR) is 111 cm³/mol. The van der Waals surface area contributed by atoms with E-state index < -0.39 is 11.6 Å². The van der Waals surface area contributed by atoms with E-state index in [-0.39, 0.29) is 12.5 Å². The van der Waals surface area contributed by atoms with E-state index in [1.54, 1.807) is 0 Å². The van der Waals surface area contributed by atoms with Crippen molar-refractivity contribution < 1.29 is 18.3 Å². The highest BCUT2D eigenvalue weighted by atomic mass is 32.1. The molecule has 1 aliphatic rings. The average Bonchev–Trinajstić information content (AvgIpc) is 3.37. The number of rotatable bonds is 4. The largest absolute Gasteiger partial charge is 0.454 e. The molecule has 2 heterocycles. The molecule has 0 atom stereocenters. The molecule has 0 saturated heterocycles. The summed E-state index contributed by atoms with van der Waals surface area (Å²) >= 11 is 1.40. The first kappa shape index (κ1) is 18.6. The van der Waals surface area contributed by atoms with Gasteiger partial charge in [-0.25, -0.2) is 13.8 Å². The summed E-state index contributed by atoms with van der Waals surface area (Å²) in [5, 5.41) is 1.99. The van der Waals surface area contributed by atoms with E-state index in [1.165, 1.54) is 23.5 Å². The molecule has 0 bridgehead atoms. The zero-order valence-electron chi connectivity index (χ0n) is 15.7. The number of halogens is 2. The van der Waals surface area contributed by atoms with E-state index in [0.717, 1.165) is 28.6 Å². The Morgan fingerprint density at radius 2 is 1.77 bits per heavy atom. The first-order valence-corrected chi connectivity index (χ1v) is 10.2. The summed E-state index contributed by atoms with van der Waals surface area (Å²) in [5.41, 5.74) is 3.07. The molecule has 1 aliphatic heterocycles. The predicted octanol–water partition coefficient (Wildman–Crippen LogP) is 5.50. The Morgan fingerprint density at radius 1 is 0.933 bits per heavy atom. The standard InChI is InChI=1S/C23H16F2N2O2S/c24-17-7-8-19(18(25)11-17)26-23-27(20(13-30-23)16-4-2-1-3-5-16)12-15-6-9-21-22(10-15)29-14-28-21/h1-11,13H,12,14H2. The lowest BCUT2D eigenvalue weighted by molar-refractivity contribution is 0.174. The highest BCUT2D eigenvalue weighted by Crippen LogP contribution is 2.33. The van der Waals surface area contributed by atoms with Crippen LogP contribution in [0.2, 0.25) is 0 Å². The summed E-state index contributed by atoms with van der Waals surface area (Å²) in [6, 6.07) is 19.1. The molecule has 4 aromatic rings. The maximum atomic E-state index is 14.2. The molecule has 30 heavy (non-hydrogen) atoms. The van der Waals surface area contributed by atoms with Gasteiger partial charge < -0.3 is 14.0 Å². The summed E-state index contributed by atoms with van der Waals surface area (Å²) in [7, 11) is 0. The van der Waals surface area contributed by atoms with E-state index in [0.29, 0.717) is 17.1 Å². The Bertz CT molecular complexity index is 1280. The minimum Gasteiger partial charge on any atom is -0.454 e. The van der Waals surface area contributed by atoms with Crippen LogP contribution in [-0.4, -0.2) is 11.4 Å². The van der Waals surface area contributed by atoms with Crippen LogP contribution in [0.3, 0.4) is 0 Å². The number of nitrogens with zero attached hydrogens (tertiary/aromatic N) is 2. The van der Waals surface area contributed by atoms with Crippen molar-refractivity contribution in [2.45, 2.75) is 6.54 Å². The van der Waals surface area contributed by atoms with Gasteiger partial charge in [-0.05, 0) is 35.4 Å². The summed E-state index contributed by atoms with van der Waals surface area (Å²) in [4.78, 5) is 5.09. The lowest BCUT2D eigenvalue weighted by Crippen LogP contribution is -2.16. The summed E-state index contributed by atoms with van der Waals surface area (Å²) in [5.74, 6) is 0.0958. The van der Waals surface area contributed by atoms with Gasteiger partial charge in [-0.3, -0.25) is 0 Å². The van der Waals surface area contributed by atoms with Gasteiger partial charge >= 0.3 is 0 Å². The molecule has 7 heteroatoms. The molecule has 0 fully saturated rings. The molecule has 0 N–H and O–H groups in total. The van der Waals surface area contributed by atoms with Crippen LogP contribution in [0.1, 0.15) is 5.56 Å². The normalized spacial score (nSPS) is 13.1. The van der Waals surface area contributed by atoms with Crippen molar-refractivity contribution in [3.05, 3.63) is 94.1 Å². The van der Waals surface area contributed by atoms with Crippen LogP contribution < -0.4 is 14.3 Å². The molecule has 0 radical (unpaired) electrons. The van der Waals surface area contributed by atoms with Crippen molar-refractivity contribution in [2.75, 3.05) is 6.79 Å². The van der Waals surface area contributed by atoms with Crippen molar-refractivity contribution in [1.82, 2.24) is 4.57 Å². The van der Waals surface area contributed by atoms with E-state index in [1.807, 2.05) is 58.5 Å². The van der Waals surface area contributed by atoms with Gasteiger partial charge in [0.2, 0.25) is 6.79 Å². The average molecular weight is 422 g/mol. The molecule has 5 rings (SSSR count). The number of hydrogen-bond donors (Lipinski definition) is 0. The van der Waals surface area contributed by atoms with E-state index in [9.17, 15) is 8.78 Å². The van der Waals surface area contributed by atoms with E-state index in [2.05, 4.69) is 4.99 Å². The SMILES string of the molecule is Fc1ccc(N=c2scc(-c3ccccc3)n2Cc2ccc3c(c2)OCO3)c(F)c1. The van der Waals surface area contributed by atoms with Gasteiger partial charge in [-0.15, -0.1) is 11.3 Å². The molecule has 4 nitrogen and oxygen atoms in total. The molecule has 0 unspecified atom stereocenters. The van der Waals surface area contributed by atoms with Crippen LogP contribution in [-0.2, 0) is 6.54 Å². The number of ether oxygens (including phenoxy) is 2. The van der Waals surface area contributed by atoms with Gasteiger partial charge in [0, 0.05) is 11.4 Å². The number of aromatic nitrogens is 1. The van der Waals surface area contributed by atoms with Gasteiger partial charge in [-0.1, -0.05) is 36.4 Å². The molecule has 150 valence electrons. The van der Waals surface area contributed by atoms with Crippen molar-refractivity contribution in [2.24, 2.45) is 4.99 Å². The highest BCUT2D eigenvalue weighted by molar-refractivity contribution is 7.07. The molecule has 3 aromatic carbocycles. The Hall–Kier alpha value is -3.45. The van der Waals surface area contributed by atoms with Crippen LogP contribution in [0.5, 0.6) is 11.5 Å². The summed E-state index contributed by atoms with van der Waals surface area (Å²) in [6.07, 6.45) is 0. The fourth-order valence-electron chi connectivity index (χ4n) is 3.31. The molecule has 0 spiro atoms. The van der Waals surface area contributed by atoms with Crippen molar-refractivity contribution in [1.29, 1.82) is 0 Å². The van der Waals surface area contributed by atoms with E-state index >= 15 is 0 Å². The Morgan fingerprint density at radius 3 is 2.60 bits per heavy atom. The van der Waals surface area contributed by atoms with Crippen LogP contribution in [0.4, 0.5) is 14.5 Å². The molecule has 0 amide bonds. The first-order valence-electron chi connectivity index (χ1n) is 9.29. The maximum absolute atomic E-state index is 14.2. The highest BCUT2D eigenvalue weighted by Gasteiger charge is 2.15. The Labute approximate surface area is 175 Å². The monoisotopic (exact) mass is 422 g/mol. The van der Waals surface area contributed by atoms with Gasteiger partial charge in [-0.2, -0.15) is 0 Å². The molecular weight excluding hydrogens is 406 g/mol. The van der Waals surface area contributed by atoms with Crippen LogP contribution >= 0.6 is 11.3 Å². The Balaban J connectivity index is 1.63. The van der Waals surface area contributed by atoms with Crippen molar-refractivity contribution in [3.63, 3.8) is 0 Å². The third-order valence-corrected chi connectivity index (χ3v) is 5.63. The molecular formula is C23H16F2N2O2S. The van der Waals surface area contributed by atoms with Crippen LogP contribution in [0.15, 0.2) is 77.1 Å².